The predicted molar refractivity (Wildman–Crippen MR) is 105 cm³/mol. The zero-order chi connectivity index (χ0) is 18.9. The van der Waals surface area contributed by atoms with E-state index in [0.29, 0.717) is 43.6 Å². The van der Waals surface area contributed by atoms with Gasteiger partial charge in [0.05, 0.1) is 13.2 Å². The number of ether oxygens (including phenoxy) is 1. The van der Waals surface area contributed by atoms with Gasteiger partial charge in [-0.2, -0.15) is 9.29 Å². The first kappa shape index (κ1) is 18.6. The third kappa shape index (κ3) is 3.93. The van der Waals surface area contributed by atoms with Crippen LogP contribution in [0.2, 0.25) is 0 Å². The Kier molecular flexibility index (Phi) is 5.31. The molecule has 0 aliphatic carbocycles. The highest BCUT2D eigenvalue weighted by molar-refractivity contribution is 7.91. The van der Waals surface area contributed by atoms with Crippen molar-refractivity contribution in [2.75, 3.05) is 62.3 Å². The van der Waals surface area contributed by atoms with Crippen LogP contribution in [0.1, 0.15) is 5.69 Å². The number of rotatable bonds is 4. The van der Waals surface area contributed by atoms with Crippen LogP contribution in [0.3, 0.4) is 0 Å². The Morgan fingerprint density at radius 3 is 2.44 bits per heavy atom. The quantitative estimate of drug-likeness (QED) is 0.751. The van der Waals surface area contributed by atoms with Crippen LogP contribution in [-0.2, 0) is 14.8 Å². The molecule has 0 aromatic carbocycles. The normalized spacial score (nSPS) is 19.4. The summed E-state index contributed by atoms with van der Waals surface area (Å²) in [4.78, 5) is 13.6. The molecule has 0 unspecified atom stereocenters. The van der Waals surface area contributed by atoms with Crippen LogP contribution in [0.4, 0.5) is 11.8 Å². The largest absolute Gasteiger partial charge is 0.378 e. The molecule has 8 nitrogen and oxygen atoms in total. The number of nitrogens with zero attached hydrogens (tertiary/aromatic N) is 5. The molecule has 10 heteroatoms. The number of sulfonamides is 1. The summed E-state index contributed by atoms with van der Waals surface area (Å²) in [7, 11) is -3.39. The topological polar surface area (TPSA) is 78.9 Å². The minimum atomic E-state index is -3.39. The van der Waals surface area contributed by atoms with Crippen LogP contribution in [0.15, 0.2) is 27.8 Å². The summed E-state index contributed by atoms with van der Waals surface area (Å²) in [6, 6.07) is 5.40. The van der Waals surface area contributed by atoms with Crippen LogP contribution in [0.25, 0.3) is 0 Å². The lowest BCUT2D eigenvalue weighted by atomic mass is 10.3. The maximum absolute atomic E-state index is 12.7. The lowest BCUT2D eigenvalue weighted by Crippen LogP contribution is -2.49. The number of thiophene rings is 1. The first-order chi connectivity index (χ1) is 13.0. The van der Waals surface area contributed by atoms with Crippen molar-refractivity contribution in [3.63, 3.8) is 0 Å². The van der Waals surface area contributed by atoms with Gasteiger partial charge < -0.3 is 14.5 Å². The highest BCUT2D eigenvalue weighted by Gasteiger charge is 2.30. The van der Waals surface area contributed by atoms with E-state index in [2.05, 4.69) is 14.8 Å². The number of hydrogen-bond acceptors (Lipinski definition) is 8. The van der Waals surface area contributed by atoms with E-state index in [-0.39, 0.29) is 0 Å². The molecule has 0 atom stereocenters. The van der Waals surface area contributed by atoms with Gasteiger partial charge >= 0.3 is 0 Å². The molecule has 2 aliphatic rings. The second kappa shape index (κ2) is 7.70. The van der Waals surface area contributed by atoms with Gasteiger partial charge in [-0.15, -0.1) is 11.3 Å². The van der Waals surface area contributed by atoms with Crippen molar-refractivity contribution in [3.8, 4) is 0 Å². The fourth-order valence-electron chi connectivity index (χ4n) is 3.30. The van der Waals surface area contributed by atoms with Crippen molar-refractivity contribution in [3.05, 3.63) is 29.3 Å². The molecule has 2 aromatic heterocycles. The molecule has 0 N–H and O–H groups in total. The van der Waals surface area contributed by atoms with E-state index in [0.717, 1.165) is 30.5 Å². The molecule has 0 amide bonds. The lowest BCUT2D eigenvalue weighted by Gasteiger charge is -2.35. The van der Waals surface area contributed by atoms with E-state index in [1.807, 2.05) is 13.0 Å². The number of aromatic nitrogens is 2. The van der Waals surface area contributed by atoms with Crippen molar-refractivity contribution in [2.45, 2.75) is 11.1 Å². The van der Waals surface area contributed by atoms with Gasteiger partial charge in [0.25, 0.3) is 10.0 Å². The molecule has 4 rings (SSSR count). The predicted octanol–water partition coefficient (Wildman–Crippen LogP) is 1.19. The summed E-state index contributed by atoms with van der Waals surface area (Å²) in [5.74, 6) is 1.58. The van der Waals surface area contributed by atoms with Gasteiger partial charge in [-0.3, -0.25) is 0 Å². The molecule has 0 spiro atoms. The van der Waals surface area contributed by atoms with Gasteiger partial charge in [0, 0.05) is 51.0 Å². The van der Waals surface area contributed by atoms with E-state index in [9.17, 15) is 8.42 Å². The Labute approximate surface area is 163 Å². The third-order valence-electron chi connectivity index (χ3n) is 4.77. The minimum Gasteiger partial charge on any atom is -0.378 e. The molecule has 2 saturated heterocycles. The zero-order valence-electron chi connectivity index (χ0n) is 15.2. The third-order valence-corrected chi connectivity index (χ3v) is 8.05. The smallest absolute Gasteiger partial charge is 0.252 e. The van der Waals surface area contributed by atoms with Gasteiger partial charge in [-0.25, -0.2) is 13.4 Å². The highest BCUT2D eigenvalue weighted by atomic mass is 32.2. The molecule has 4 heterocycles. The van der Waals surface area contributed by atoms with Crippen molar-refractivity contribution in [1.29, 1.82) is 0 Å². The van der Waals surface area contributed by atoms with E-state index in [1.165, 1.54) is 11.3 Å². The minimum absolute atomic E-state index is 0.406. The van der Waals surface area contributed by atoms with Gasteiger partial charge in [0.15, 0.2) is 0 Å². The maximum atomic E-state index is 12.7. The lowest BCUT2D eigenvalue weighted by molar-refractivity contribution is 0.122. The van der Waals surface area contributed by atoms with Crippen LogP contribution < -0.4 is 9.80 Å². The molecule has 27 heavy (non-hydrogen) atoms. The average Bonchev–Trinajstić information content (AvgIpc) is 3.24. The zero-order valence-corrected chi connectivity index (χ0v) is 16.9. The number of hydrogen-bond donors (Lipinski definition) is 0. The standard InChI is InChI=1S/C17H23N5O3S2/c1-14-13-15(19-17(18-14)21-8-10-25-11-9-21)20-4-6-22(7-5-20)27(23,24)16-3-2-12-26-16/h2-3,12-13H,4-11H2,1H3. The molecule has 0 radical (unpaired) electrons. The van der Waals surface area contributed by atoms with E-state index >= 15 is 0 Å². The fourth-order valence-corrected chi connectivity index (χ4v) is 5.87. The Bertz CT molecular complexity index is 874. The summed E-state index contributed by atoms with van der Waals surface area (Å²) in [5.41, 5.74) is 0.912. The number of aryl methyl sites for hydroxylation is 1. The van der Waals surface area contributed by atoms with Crippen LogP contribution in [0, 0.1) is 6.92 Å². The fraction of sp³-hybridized carbons (Fsp3) is 0.529. The maximum Gasteiger partial charge on any atom is 0.252 e. The number of piperazine rings is 1. The van der Waals surface area contributed by atoms with Gasteiger partial charge in [-0.1, -0.05) is 6.07 Å². The second-order valence-corrected chi connectivity index (χ2v) is 9.70. The van der Waals surface area contributed by atoms with Crippen LogP contribution >= 0.6 is 11.3 Å². The molecule has 2 aromatic rings. The van der Waals surface area contributed by atoms with Crippen LogP contribution in [-0.4, -0.2) is 75.2 Å². The molecule has 2 fully saturated rings. The SMILES string of the molecule is Cc1cc(N2CCN(S(=O)(=O)c3cccs3)CC2)nc(N2CCOCC2)n1. The Hall–Kier alpha value is -1.75. The van der Waals surface area contributed by atoms with Gasteiger partial charge in [0.2, 0.25) is 5.95 Å². The molecular formula is C17H23N5O3S2. The molecule has 2 aliphatic heterocycles. The number of morpholine rings is 1. The summed E-state index contributed by atoms with van der Waals surface area (Å²) in [6.07, 6.45) is 0. The van der Waals surface area contributed by atoms with E-state index in [4.69, 9.17) is 9.72 Å². The molecule has 0 saturated carbocycles. The molecule has 0 bridgehead atoms. The summed E-state index contributed by atoms with van der Waals surface area (Å²) >= 11 is 1.26. The highest BCUT2D eigenvalue weighted by Crippen LogP contribution is 2.24. The van der Waals surface area contributed by atoms with Crippen molar-refractivity contribution < 1.29 is 13.2 Å². The molecular weight excluding hydrogens is 386 g/mol. The first-order valence-electron chi connectivity index (χ1n) is 9.01. The van der Waals surface area contributed by atoms with Crippen molar-refractivity contribution in [1.82, 2.24) is 14.3 Å². The molecule has 146 valence electrons. The second-order valence-electron chi connectivity index (χ2n) is 6.59. The van der Waals surface area contributed by atoms with E-state index < -0.39 is 10.0 Å². The Morgan fingerprint density at radius 1 is 1.04 bits per heavy atom. The van der Waals surface area contributed by atoms with Gasteiger partial charge in [0.1, 0.15) is 10.0 Å². The van der Waals surface area contributed by atoms with Gasteiger partial charge in [-0.05, 0) is 18.4 Å². The Morgan fingerprint density at radius 2 is 1.78 bits per heavy atom. The summed E-state index contributed by atoms with van der Waals surface area (Å²) in [5, 5.41) is 1.79. The first-order valence-corrected chi connectivity index (χ1v) is 11.3. The Balaban J connectivity index is 1.47. The number of anilines is 2. The van der Waals surface area contributed by atoms with E-state index in [1.54, 1.807) is 21.8 Å². The average molecular weight is 410 g/mol. The summed E-state index contributed by atoms with van der Waals surface area (Å²) in [6.45, 7) is 7.05. The van der Waals surface area contributed by atoms with Crippen molar-refractivity contribution in [2.24, 2.45) is 0 Å². The summed E-state index contributed by atoms with van der Waals surface area (Å²) < 4.78 is 32.7. The van der Waals surface area contributed by atoms with Crippen molar-refractivity contribution >= 4 is 33.1 Å². The monoisotopic (exact) mass is 409 g/mol. The van der Waals surface area contributed by atoms with Crippen LogP contribution in [0.5, 0.6) is 0 Å².